The molecule has 0 unspecified atom stereocenters. The molecule has 0 amide bonds. The molecule has 2 aromatic carbocycles. The summed E-state index contributed by atoms with van der Waals surface area (Å²) in [6.07, 6.45) is -7.80. The van der Waals surface area contributed by atoms with E-state index < -0.39 is 36.7 Å². The van der Waals surface area contributed by atoms with Gasteiger partial charge in [0.1, 0.15) is 35.9 Å². The maximum atomic E-state index is 11.4. The van der Waals surface area contributed by atoms with Crippen molar-refractivity contribution >= 4 is 28.1 Å². The lowest BCUT2D eigenvalue weighted by molar-refractivity contribution is -0.270. The molecule has 0 bridgehead atoms. The molecule has 1 saturated heterocycles. The normalized spacial score (nSPS) is 25.7. The lowest BCUT2D eigenvalue weighted by Crippen LogP contribution is -2.61. The van der Waals surface area contributed by atoms with Gasteiger partial charge in [-0.15, -0.1) is 11.3 Å². The van der Waals surface area contributed by atoms with Gasteiger partial charge >= 0.3 is 5.97 Å². The van der Waals surface area contributed by atoms with Crippen molar-refractivity contribution in [1.29, 1.82) is 0 Å². The second-order valence-corrected chi connectivity index (χ2v) is 8.95. The summed E-state index contributed by atoms with van der Waals surface area (Å²) in [6, 6.07) is 14.8. The van der Waals surface area contributed by atoms with E-state index in [4.69, 9.17) is 14.2 Å². The average Bonchev–Trinajstić information content (AvgIpc) is 3.37. The van der Waals surface area contributed by atoms with Gasteiger partial charge < -0.3 is 40.0 Å². The van der Waals surface area contributed by atoms with Crippen LogP contribution in [0.5, 0.6) is 11.5 Å². The van der Waals surface area contributed by atoms with E-state index >= 15 is 0 Å². The first-order valence-corrected chi connectivity index (χ1v) is 11.7. The van der Waals surface area contributed by atoms with Crippen molar-refractivity contribution < 1.29 is 39.4 Å². The first-order valence-electron chi connectivity index (χ1n) is 10.9. The summed E-state index contributed by atoms with van der Waals surface area (Å²) in [7, 11) is 1.89. The SMILES string of the molecule is CNCC[C@H](Oc1ccc(O[C@H]2O[C@@H](C(=O)O)[C@H](O)[C@@H](O)[C@H]2O)c2ccccc12)c1cccs1. The summed E-state index contributed by atoms with van der Waals surface area (Å²) in [5, 5.41) is 46.1. The summed E-state index contributed by atoms with van der Waals surface area (Å²) in [4.78, 5) is 12.5. The van der Waals surface area contributed by atoms with E-state index in [9.17, 15) is 25.2 Å². The molecule has 0 aliphatic carbocycles. The smallest absolute Gasteiger partial charge is 0.335 e. The number of benzene rings is 2. The quantitative estimate of drug-likeness (QED) is 0.305. The minimum Gasteiger partial charge on any atom is -0.484 e. The Labute approximate surface area is 200 Å². The van der Waals surface area contributed by atoms with Gasteiger partial charge in [0.25, 0.3) is 0 Å². The molecule has 2 heterocycles. The lowest BCUT2D eigenvalue weighted by Gasteiger charge is -2.38. The number of aliphatic hydroxyl groups excluding tert-OH is 3. The Bertz CT molecular complexity index is 1110. The minimum absolute atomic E-state index is 0.154. The molecule has 10 heteroatoms. The molecule has 1 fully saturated rings. The van der Waals surface area contributed by atoms with Crippen molar-refractivity contribution in [1.82, 2.24) is 5.32 Å². The van der Waals surface area contributed by atoms with Crippen molar-refractivity contribution in [2.24, 2.45) is 0 Å². The van der Waals surface area contributed by atoms with Gasteiger partial charge in [-0.3, -0.25) is 0 Å². The predicted molar refractivity (Wildman–Crippen MR) is 125 cm³/mol. The number of carbonyl (C=O) groups is 1. The fourth-order valence-corrected chi connectivity index (χ4v) is 4.68. The van der Waals surface area contributed by atoms with Gasteiger partial charge in [0, 0.05) is 22.1 Å². The number of aliphatic carboxylic acids is 1. The van der Waals surface area contributed by atoms with Gasteiger partial charge in [0.05, 0.1) is 0 Å². The highest BCUT2D eigenvalue weighted by Gasteiger charge is 2.48. The number of ether oxygens (including phenoxy) is 3. The van der Waals surface area contributed by atoms with Gasteiger partial charge in [-0.1, -0.05) is 30.3 Å². The van der Waals surface area contributed by atoms with Crippen LogP contribution < -0.4 is 14.8 Å². The van der Waals surface area contributed by atoms with Gasteiger partial charge in [-0.25, -0.2) is 4.79 Å². The van der Waals surface area contributed by atoms with Gasteiger partial charge in [0.2, 0.25) is 6.29 Å². The highest BCUT2D eigenvalue weighted by atomic mass is 32.1. The molecular weight excluding hydrogens is 462 g/mol. The fourth-order valence-electron chi connectivity index (χ4n) is 3.89. The molecule has 0 radical (unpaired) electrons. The standard InChI is InChI=1S/C24H27NO8S/c1-25-11-10-17(18-7-4-12-34-18)31-15-8-9-16(14-6-3-2-5-13(14)15)32-24-21(28)19(26)20(27)22(33-24)23(29)30/h2-9,12,17,19-22,24-28H,10-11H2,1H3,(H,29,30)/t17-,19+,20+,21+,22+,24-/m0/s1. The van der Waals surface area contributed by atoms with E-state index in [1.54, 1.807) is 29.5 Å². The highest BCUT2D eigenvalue weighted by Crippen LogP contribution is 2.38. The van der Waals surface area contributed by atoms with Crippen LogP contribution in [0.4, 0.5) is 0 Å². The van der Waals surface area contributed by atoms with Crippen LogP contribution in [0.1, 0.15) is 17.4 Å². The van der Waals surface area contributed by atoms with Gasteiger partial charge in [-0.2, -0.15) is 0 Å². The Hall–Kier alpha value is -2.73. The number of hydrogen-bond donors (Lipinski definition) is 5. The van der Waals surface area contributed by atoms with Gasteiger partial charge in [-0.05, 0) is 37.2 Å². The molecule has 182 valence electrons. The third-order valence-electron chi connectivity index (χ3n) is 5.69. The Kier molecular flexibility index (Phi) is 7.67. The van der Waals surface area contributed by atoms with Crippen molar-refractivity contribution in [3.05, 3.63) is 58.8 Å². The fraction of sp³-hybridized carbons (Fsp3) is 0.375. The number of nitrogens with one attached hydrogen (secondary N) is 1. The van der Waals surface area contributed by atoms with Crippen LogP contribution in [-0.2, 0) is 9.53 Å². The van der Waals surface area contributed by atoms with Crippen LogP contribution >= 0.6 is 11.3 Å². The minimum atomic E-state index is -1.79. The number of thiophene rings is 1. The summed E-state index contributed by atoms with van der Waals surface area (Å²) >= 11 is 1.62. The zero-order valence-corrected chi connectivity index (χ0v) is 19.2. The first-order chi connectivity index (χ1) is 16.4. The third-order valence-corrected chi connectivity index (χ3v) is 6.65. The van der Waals surface area contributed by atoms with Crippen molar-refractivity contribution in [3.63, 3.8) is 0 Å². The summed E-state index contributed by atoms with van der Waals surface area (Å²) < 4.78 is 17.5. The summed E-state index contributed by atoms with van der Waals surface area (Å²) in [5.41, 5.74) is 0. The molecule has 1 aliphatic rings. The number of fused-ring (bicyclic) bond motifs is 1. The van der Waals surface area contributed by atoms with E-state index in [1.807, 2.05) is 42.8 Å². The Morgan fingerprint density at radius 1 is 1.03 bits per heavy atom. The van der Waals surface area contributed by atoms with E-state index in [0.717, 1.165) is 23.2 Å². The van der Waals surface area contributed by atoms with Crippen LogP contribution in [0.15, 0.2) is 53.9 Å². The van der Waals surface area contributed by atoms with Crippen molar-refractivity contribution in [2.75, 3.05) is 13.6 Å². The molecule has 3 aromatic rings. The topological polar surface area (TPSA) is 138 Å². The van der Waals surface area contributed by atoms with E-state index in [0.29, 0.717) is 16.9 Å². The van der Waals surface area contributed by atoms with E-state index in [2.05, 4.69) is 5.32 Å². The number of aliphatic hydroxyl groups is 3. The number of carboxylic acids is 1. The second kappa shape index (κ2) is 10.7. The third kappa shape index (κ3) is 5.02. The molecule has 1 aromatic heterocycles. The monoisotopic (exact) mass is 489 g/mol. The molecule has 34 heavy (non-hydrogen) atoms. The number of hydrogen-bond acceptors (Lipinski definition) is 9. The molecular formula is C24H27NO8S. The maximum absolute atomic E-state index is 11.4. The Balaban J connectivity index is 1.62. The van der Waals surface area contributed by atoms with Crippen LogP contribution in [0.25, 0.3) is 10.8 Å². The van der Waals surface area contributed by atoms with E-state index in [1.165, 1.54) is 0 Å². The molecule has 5 N–H and O–H groups in total. The number of rotatable bonds is 9. The van der Waals surface area contributed by atoms with Crippen LogP contribution in [0.3, 0.4) is 0 Å². The van der Waals surface area contributed by atoms with Crippen LogP contribution in [-0.4, -0.2) is 70.7 Å². The zero-order valence-electron chi connectivity index (χ0n) is 18.4. The predicted octanol–water partition coefficient (Wildman–Crippen LogP) is 1.90. The molecule has 6 atom stereocenters. The maximum Gasteiger partial charge on any atom is 0.335 e. The van der Waals surface area contributed by atoms with Crippen molar-refractivity contribution in [3.8, 4) is 11.5 Å². The second-order valence-electron chi connectivity index (χ2n) is 7.97. The largest absolute Gasteiger partial charge is 0.484 e. The molecule has 1 aliphatic heterocycles. The highest BCUT2D eigenvalue weighted by molar-refractivity contribution is 7.10. The molecule has 9 nitrogen and oxygen atoms in total. The first kappa shape index (κ1) is 24.4. The molecule has 0 saturated carbocycles. The summed E-state index contributed by atoms with van der Waals surface area (Å²) in [5.74, 6) is -0.522. The van der Waals surface area contributed by atoms with Crippen LogP contribution in [0.2, 0.25) is 0 Å². The average molecular weight is 490 g/mol. The van der Waals surface area contributed by atoms with Crippen molar-refractivity contribution in [2.45, 2.75) is 43.2 Å². The van der Waals surface area contributed by atoms with E-state index in [-0.39, 0.29) is 6.10 Å². The lowest BCUT2D eigenvalue weighted by atomic mass is 9.99. The number of carboxylic acid groups (broad SMARTS) is 1. The summed E-state index contributed by atoms with van der Waals surface area (Å²) in [6.45, 7) is 0.775. The molecule has 4 rings (SSSR count). The molecule has 0 spiro atoms. The zero-order chi connectivity index (χ0) is 24.2. The Morgan fingerprint density at radius 3 is 2.38 bits per heavy atom. The van der Waals surface area contributed by atoms with Crippen LogP contribution in [0, 0.1) is 0 Å². The van der Waals surface area contributed by atoms with Gasteiger partial charge in [0.15, 0.2) is 6.10 Å². The Morgan fingerprint density at radius 2 is 1.74 bits per heavy atom.